The maximum atomic E-state index is 12.6. The fourth-order valence-electron chi connectivity index (χ4n) is 3.02. The van der Waals surface area contributed by atoms with Gasteiger partial charge in [-0.05, 0) is 36.2 Å². The van der Waals surface area contributed by atoms with E-state index < -0.39 is 5.41 Å². The van der Waals surface area contributed by atoms with Crippen molar-refractivity contribution in [1.29, 1.82) is 0 Å². The highest BCUT2D eigenvalue weighted by molar-refractivity contribution is 6.30. The molecule has 0 aliphatic rings. The highest BCUT2D eigenvalue weighted by Crippen LogP contribution is 2.26. The molecule has 1 aromatic heterocycles. The van der Waals surface area contributed by atoms with Crippen LogP contribution in [0.3, 0.4) is 0 Å². The van der Waals surface area contributed by atoms with Gasteiger partial charge in [0.05, 0.1) is 17.1 Å². The van der Waals surface area contributed by atoms with Crippen LogP contribution in [0.4, 0.5) is 0 Å². The number of fused-ring (bicyclic) bond motifs is 1. The molecule has 5 heteroatoms. The molecule has 0 aliphatic heterocycles. The molecule has 2 aromatic carbocycles. The maximum absolute atomic E-state index is 12.6. The first-order valence-electron chi connectivity index (χ1n) is 9.30. The number of para-hydroxylation sites is 2. The largest absolute Gasteiger partial charge is 0.346 e. The summed E-state index contributed by atoms with van der Waals surface area (Å²) < 4.78 is 2.19. The second-order valence-corrected chi connectivity index (χ2v) is 8.29. The SMILES string of the molecule is CCC(NC(=O)C(C)(C)C)c1nc2ccccc2n1Cc1ccc(Cl)cc1. The number of imidazole rings is 1. The number of carbonyl (C=O) groups is 1. The molecular formula is C22H26ClN3O. The van der Waals surface area contributed by atoms with Crippen molar-refractivity contribution >= 4 is 28.5 Å². The van der Waals surface area contributed by atoms with Crippen molar-refractivity contribution in [3.63, 3.8) is 0 Å². The van der Waals surface area contributed by atoms with E-state index in [0.717, 1.165) is 33.9 Å². The van der Waals surface area contributed by atoms with Crippen molar-refractivity contribution in [3.05, 3.63) is 64.9 Å². The molecule has 3 aromatic rings. The summed E-state index contributed by atoms with van der Waals surface area (Å²) in [6.45, 7) is 8.51. The van der Waals surface area contributed by atoms with E-state index in [1.807, 2.05) is 63.2 Å². The number of nitrogens with one attached hydrogen (secondary N) is 1. The topological polar surface area (TPSA) is 46.9 Å². The number of carbonyl (C=O) groups excluding carboxylic acids is 1. The predicted octanol–water partition coefficient (Wildman–Crippen LogP) is 5.35. The minimum atomic E-state index is -0.444. The van der Waals surface area contributed by atoms with Crippen LogP contribution in [-0.4, -0.2) is 15.5 Å². The van der Waals surface area contributed by atoms with E-state index in [1.165, 1.54) is 0 Å². The predicted molar refractivity (Wildman–Crippen MR) is 111 cm³/mol. The van der Waals surface area contributed by atoms with Gasteiger partial charge in [0.2, 0.25) is 5.91 Å². The van der Waals surface area contributed by atoms with E-state index in [-0.39, 0.29) is 11.9 Å². The first-order valence-corrected chi connectivity index (χ1v) is 9.68. The Labute approximate surface area is 165 Å². The molecule has 3 rings (SSSR count). The van der Waals surface area contributed by atoms with Crippen molar-refractivity contribution < 1.29 is 4.79 Å². The van der Waals surface area contributed by atoms with E-state index in [9.17, 15) is 4.79 Å². The van der Waals surface area contributed by atoms with Crippen LogP contribution in [0.1, 0.15) is 51.5 Å². The molecule has 0 fully saturated rings. The van der Waals surface area contributed by atoms with Gasteiger partial charge in [0.25, 0.3) is 0 Å². The third kappa shape index (κ3) is 4.33. The first-order chi connectivity index (χ1) is 12.8. The van der Waals surface area contributed by atoms with E-state index >= 15 is 0 Å². The summed E-state index contributed by atoms with van der Waals surface area (Å²) in [5, 5.41) is 3.90. The third-order valence-electron chi connectivity index (χ3n) is 4.64. The van der Waals surface area contributed by atoms with Crippen molar-refractivity contribution in [2.24, 2.45) is 5.41 Å². The Balaban J connectivity index is 2.03. The van der Waals surface area contributed by atoms with Crippen LogP contribution in [0, 0.1) is 5.41 Å². The molecule has 0 aliphatic carbocycles. The van der Waals surface area contributed by atoms with Crippen LogP contribution in [0.5, 0.6) is 0 Å². The van der Waals surface area contributed by atoms with Gasteiger partial charge in [0.15, 0.2) is 0 Å². The van der Waals surface area contributed by atoms with E-state index in [4.69, 9.17) is 16.6 Å². The lowest BCUT2D eigenvalue weighted by Gasteiger charge is -2.24. The number of rotatable bonds is 5. The molecule has 4 nitrogen and oxygen atoms in total. The van der Waals surface area contributed by atoms with Crippen LogP contribution in [0.25, 0.3) is 11.0 Å². The lowest BCUT2D eigenvalue weighted by atomic mass is 9.95. The highest BCUT2D eigenvalue weighted by Gasteiger charge is 2.27. The van der Waals surface area contributed by atoms with Crippen LogP contribution in [0.15, 0.2) is 48.5 Å². The van der Waals surface area contributed by atoms with Gasteiger partial charge >= 0.3 is 0 Å². The zero-order chi connectivity index (χ0) is 19.6. The summed E-state index contributed by atoms with van der Waals surface area (Å²) in [6.07, 6.45) is 0.770. The van der Waals surface area contributed by atoms with Gasteiger partial charge in [-0.15, -0.1) is 0 Å². The average molecular weight is 384 g/mol. The minimum Gasteiger partial charge on any atom is -0.346 e. The number of hydrogen-bond donors (Lipinski definition) is 1. The zero-order valence-corrected chi connectivity index (χ0v) is 17.0. The molecule has 142 valence electrons. The van der Waals surface area contributed by atoms with Crippen molar-refractivity contribution in [3.8, 4) is 0 Å². The van der Waals surface area contributed by atoms with Crippen molar-refractivity contribution in [2.75, 3.05) is 0 Å². The Kier molecular flexibility index (Phi) is 5.56. The van der Waals surface area contributed by atoms with Gasteiger partial charge in [-0.25, -0.2) is 4.98 Å². The van der Waals surface area contributed by atoms with Gasteiger partial charge < -0.3 is 9.88 Å². The first kappa shape index (κ1) is 19.4. The molecule has 1 unspecified atom stereocenters. The quantitative estimate of drug-likeness (QED) is 0.645. The number of amides is 1. The van der Waals surface area contributed by atoms with Gasteiger partial charge in [0.1, 0.15) is 5.82 Å². The van der Waals surface area contributed by atoms with Crippen LogP contribution >= 0.6 is 11.6 Å². The summed E-state index contributed by atoms with van der Waals surface area (Å²) in [4.78, 5) is 17.4. The van der Waals surface area contributed by atoms with Gasteiger partial charge in [0, 0.05) is 17.0 Å². The highest BCUT2D eigenvalue weighted by atomic mass is 35.5. The molecule has 27 heavy (non-hydrogen) atoms. The molecule has 1 N–H and O–H groups in total. The van der Waals surface area contributed by atoms with Gasteiger partial charge in [-0.2, -0.15) is 0 Å². The normalized spacial score (nSPS) is 12.9. The summed E-state index contributed by atoms with van der Waals surface area (Å²) in [5.74, 6) is 0.908. The second kappa shape index (κ2) is 7.73. The lowest BCUT2D eigenvalue weighted by molar-refractivity contribution is -0.129. The molecule has 1 atom stereocenters. The smallest absolute Gasteiger partial charge is 0.225 e. The molecule has 0 spiro atoms. The lowest BCUT2D eigenvalue weighted by Crippen LogP contribution is -2.38. The summed E-state index contributed by atoms with van der Waals surface area (Å²) in [6, 6.07) is 15.8. The summed E-state index contributed by atoms with van der Waals surface area (Å²) in [7, 11) is 0. The Morgan fingerprint density at radius 1 is 1.15 bits per heavy atom. The monoisotopic (exact) mass is 383 g/mol. The molecule has 0 saturated heterocycles. The molecule has 1 heterocycles. The Morgan fingerprint density at radius 3 is 2.44 bits per heavy atom. The molecule has 1 amide bonds. The molecule has 0 saturated carbocycles. The third-order valence-corrected chi connectivity index (χ3v) is 4.90. The second-order valence-electron chi connectivity index (χ2n) is 7.86. The van der Waals surface area contributed by atoms with Crippen LogP contribution in [0.2, 0.25) is 5.02 Å². The zero-order valence-electron chi connectivity index (χ0n) is 16.3. The minimum absolute atomic E-state index is 0.0273. The number of benzene rings is 2. The molecule has 0 radical (unpaired) electrons. The molecule has 0 bridgehead atoms. The fraction of sp³-hybridized carbons (Fsp3) is 0.364. The number of hydrogen-bond acceptors (Lipinski definition) is 2. The van der Waals surface area contributed by atoms with E-state index in [2.05, 4.69) is 22.9 Å². The molecular weight excluding hydrogens is 358 g/mol. The Hall–Kier alpha value is -2.33. The van der Waals surface area contributed by atoms with Crippen molar-refractivity contribution in [2.45, 2.75) is 46.7 Å². The Morgan fingerprint density at radius 2 is 1.81 bits per heavy atom. The summed E-state index contributed by atoms with van der Waals surface area (Å²) in [5.41, 5.74) is 2.69. The van der Waals surface area contributed by atoms with Gasteiger partial charge in [-0.1, -0.05) is 63.6 Å². The standard InChI is InChI=1S/C22H26ClN3O/c1-5-17(25-21(27)22(2,3)4)20-24-18-8-6-7-9-19(18)26(20)14-15-10-12-16(23)13-11-15/h6-13,17H,5,14H2,1-4H3,(H,25,27). The van der Waals surface area contributed by atoms with Crippen LogP contribution < -0.4 is 5.32 Å². The number of halogens is 1. The summed E-state index contributed by atoms with van der Waals surface area (Å²) >= 11 is 6.03. The van der Waals surface area contributed by atoms with E-state index in [0.29, 0.717) is 6.54 Å². The maximum Gasteiger partial charge on any atom is 0.225 e. The van der Waals surface area contributed by atoms with Crippen LogP contribution in [-0.2, 0) is 11.3 Å². The van der Waals surface area contributed by atoms with E-state index in [1.54, 1.807) is 0 Å². The van der Waals surface area contributed by atoms with Gasteiger partial charge in [-0.3, -0.25) is 4.79 Å². The average Bonchev–Trinajstić information content (AvgIpc) is 2.99. The fourth-order valence-corrected chi connectivity index (χ4v) is 3.15. The number of nitrogens with zero attached hydrogens (tertiary/aromatic N) is 2. The van der Waals surface area contributed by atoms with Crippen molar-refractivity contribution in [1.82, 2.24) is 14.9 Å². The number of aromatic nitrogens is 2. The Bertz CT molecular complexity index is 938.